The van der Waals surface area contributed by atoms with Crippen molar-refractivity contribution in [2.75, 3.05) is 13.2 Å². The maximum atomic E-state index is 13.4. The van der Waals surface area contributed by atoms with Crippen molar-refractivity contribution in [1.29, 1.82) is 0 Å². The van der Waals surface area contributed by atoms with Crippen LogP contribution in [-0.4, -0.2) is 36.0 Å². The van der Waals surface area contributed by atoms with Gasteiger partial charge >= 0.3 is 11.9 Å². The Balaban J connectivity index is 1.87. The summed E-state index contributed by atoms with van der Waals surface area (Å²) in [5, 5.41) is 10.1. The third kappa shape index (κ3) is 6.56. The average Bonchev–Trinajstić information content (AvgIpc) is 2.88. The van der Waals surface area contributed by atoms with Gasteiger partial charge in [-0.2, -0.15) is 0 Å². The quantitative estimate of drug-likeness (QED) is 0.192. The number of ether oxygens (including phenoxy) is 3. The Hall–Kier alpha value is -4.39. The molecule has 1 N–H and O–H groups in total. The lowest BCUT2D eigenvalue weighted by atomic mass is 9.98. The van der Waals surface area contributed by atoms with Crippen molar-refractivity contribution in [3.63, 3.8) is 0 Å². The maximum Gasteiger partial charge on any atom is 0.339 e. The smallest absolute Gasteiger partial charge is 0.339 e. The van der Waals surface area contributed by atoms with Crippen LogP contribution in [0.3, 0.4) is 0 Å². The lowest BCUT2D eigenvalue weighted by Gasteiger charge is -2.21. The van der Waals surface area contributed by atoms with Crippen molar-refractivity contribution in [2.45, 2.75) is 12.5 Å². The van der Waals surface area contributed by atoms with Crippen LogP contribution in [0.5, 0.6) is 11.5 Å². The second-order valence-electron chi connectivity index (χ2n) is 7.18. The number of Topliss-reactive ketones (excluding diaryl/α,β-unsaturated/α-hetero) is 1. The van der Waals surface area contributed by atoms with Gasteiger partial charge in [-0.15, -0.1) is 0 Å². The van der Waals surface area contributed by atoms with Gasteiger partial charge in [-0.25, -0.2) is 9.59 Å². The summed E-state index contributed by atoms with van der Waals surface area (Å²) >= 11 is 0. The molecule has 0 bridgehead atoms. The summed E-state index contributed by atoms with van der Waals surface area (Å²) in [6.45, 7) is 3.60. The number of rotatable bonds is 11. The van der Waals surface area contributed by atoms with E-state index < -0.39 is 23.8 Å². The molecule has 7 nitrogen and oxygen atoms in total. The summed E-state index contributed by atoms with van der Waals surface area (Å²) in [7, 11) is 0. The predicted molar refractivity (Wildman–Crippen MR) is 125 cm³/mol. The number of benzene rings is 3. The average molecular weight is 460 g/mol. The van der Waals surface area contributed by atoms with Crippen LogP contribution in [-0.2, 0) is 14.3 Å². The van der Waals surface area contributed by atoms with E-state index in [1.54, 1.807) is 60.7 Å². The van der Waals surface area contributed by atoms with Crippen LogP contribution in [0.1, 0.15) is 38.8 Å². The largest absolute Gasteiger partial charge is 0.508 e. The van der Waals surface area contributed by atoms with Crippen molar-refractivity contribution in [3.05, 3.63) is 108 Å². The van der Waals surface area contributed by atoms with E-state index in [0.29, 0.717) is 12.0 Å². The molecule has 0 amide bonds. The SMILES string of the molecule is C=CC(=O)OCCCOc1ccc(O)cc1C(OC(=O)c1ccccc1)C(=O)c1ccccc1. The highest BCUT2D eigenvalue weighted by Gasteiger charge is 2.30. The van der Waals surface area contributed by atoms with Crippen molar-refractivity contribution in [3.8, 4) is 11.5 Å². The fourth-order valence-corrected chi connectivity index (χ4v) is 3.11. The molecule has 174 valence electrons. The molecule has 0 aliphatic rings. The molecule has 0 aliphatic heterocycles. The first kappa shape index (κ1) is 24.3. The number of aromatic hydroxyl groups is 1. The molecule has 34 heavy (non-hydrogen) atoms. The third-order valence-electron chi connectivity index (χ3n) is 4.76. The van der Waals surface area contributed by atoms with Gasteiger partial charge in [-0.1, -0.05) is 55.1 Å². The van der Waals surface area contributed by atoms with Gasteiger partial charge in [0.25, 0.3) is 0 Å². The van der Waals surface area contributed by atoms with Crippen molar-refractivity contribution >= 4 is 17.7 Å². The second kappa shape index (κ2) is 12.0. The van der Waals surface area contributed by atoms with E-state index in [2.05, 4.69) is 6.58 Å². The van der Waals surface area contributed by atoms with Crippen LogP contribution in [0, 0.1) is 0 Å². The molecule has 3 aromatic carbocycles. The summed E-state index contributed by atoms with van der Waals surface area (Å²) in [5.74, 6) is -1.57. The molecule has 1 atom stereocenters. The highest BCUT2D eigenvalue weighted by Crippen LogP contribution is 2.34. The minimum absolute atomic E-state index is 0.119. The molecule has 0 heterocycles. The number of phenolic OH excluding ortho intramolecular Hbond substituents is 1. The molecular formula is C27H24O7. The fourth-order valence-electron chi connectivity index (χ4n) is 3.11. The molecule has 3 rings (SSSR count). The molecule has 0 aliphatic carbocycles. The number of esters is 2. The zero-order valence-corrected chi connectivity index (χ0v) is 18.4. The lowest BCUT2D eigenvalue weighted by Crippen LogP contribution is -2.21. The summed E-state index contributed by atoms with van der Waals surface area (Å²) < 4.78 is 16.4. The Morgan fingerprint density at radius 1 is 0.882 bits per heavy atom. The van der Waals surface area contributed by atoms with Crippen molar-refractivity contribution < 1.29 is 33.7 Å². The van der Waals surface area contributed by atoms with Crippen LogP contribution in [0.2, 0.25) is 0 Å². The van der Waals surface area contributed by atoms with Crippen molar-refractivity contribution in [2.24, 2.45) is 0 Å². The molecule has 0 saturated carbocycles. The van der Waals surface area contributed by atoms with Crippen molar-refractivity contribution in [1.82, 2.24) is 0 Å². The first-order chi connectivity index (χ1) is 16.5. The van der Waals surface area contributed by atoms with Gasteiger partial charge < -0.3 is 19.3 Å². The van der Waals surface area contributed by atoms with E-state index in [1.807, 2.05) is 0 Å². The molecule has 1 unspecified atom stereocenters. The molecular weight excluding hydrogens is 436 g/mol. The van der Waals surface area contributed by atoms with E-state index >= 15 is 0 Å². The van der Waals surface area contributed by atoms with E-state index in [9.17, 15) is 19.5 Å². The third-order valence-corrected chi connectivity index (χ3v) is 4.76. The zero-order chi connectivity index (χ0) is 24.3. The lowest BCUT2D eigenvalue weighted by molar-refractivity contribution is -0.137. The fraction of sp³-hybridized carbons (Fsp3) is 0.148. The molecule has 0 aromatic heterocycles. The van der Waals surface area contributed by atoms with Gasteiger partial charge in [0.1, 0.15) is 11.5 Å². The van der Waals surface area contributed by atoms with Gasteiger partial charge in [-0.05, 0) is 30.3 Å². The van der Waals surface area contributed by atoms with Gasteiger partial charge in [0, 0.05) is 23.6 Å². The van der Waals surface area contributed by atoms with E-state index in [1.165, 1.54) is 18.2 Å². The second-order valence-corrected chi connectivity index (χ2v) is 7.18. The Bertz CT molecular complexity index is 1140. The summed E-state index contributed by atoms with van der Waals surface area (Å²) in [6.07, 6.45) is 0.0802. The normalized spacial score (nSPS) is 11.2. The highest BCUT2D eigenvalue weighted by molar-refractivity contribution is 6.02. The number of carbonyl (C=O) groups excluding carboxylic acids is 3. The van der Waals surface area contributed by atoms with E-state index in [-0.39, 0.29) is 35.8 Å². The summed E-state index contributed by atoms with van der Waals surface area (Å²) in [4.78, 5) is 37.4. The van der Waals surface area contributed by atoms with E-state index in [4.69, 9.17) is 14.2 Å². The molecule has 3 aromatic rings. The number of hydrogen-bond acceptors (Lipinski definition) is 7. The van der Waals surface area contributed by atoms with Crippen LogP contribution in [0.25, 0.3) is 0 Å². The monoisotopic (exact) mass is 460 g/mol. The number of ketones is 1. The van der Waals surface area contributed by atoms with Gasteiger partial charge in [0.15, 0.2) is 6.10 Å². The highest BCUT2D eigenvalue weighted by atomic mass is 16.6. The number of phenols is 1. The predicted octanol–water partition coefficient (Wildman–Crippen LogP) is 4.67. The molecule has 0 spiro atoms. The minimum atomic E-state index is -1.37. The Kier molecular flexibility index (Phi) is 8.57. The van der Waals surface area contributed by atoms with Crippen LogP contribution in [0.4, 0.5) is 0 Å². The maximum absolute atomic E-state index is 13.4. The standard InChI is InChI=1S/C27H24O7/c1-2-24(29)33-17-9-16-32-23-15-14-21(28)18-22(23)26(25(30)19-10-5-3-6-11-19)34-27(31)20-12-7-4-8-13-20/h2-8,10-15,18,26,28H,1,9,16-17H2. The summed E-state index contributed by atoms with van der Waals surface area (Å²) in [6, 6.07) is 20.9. The Labute approximate surface area is 197 Å². The molecule has 7 heteroatoms. The number of carbonyl (C=O) groups is 3. The van der Waals surface area contributed by atoms with Crippen LogP contribution >= 0.6 is 0 Å². The summed E-state index contributed by atoms with van der Waals surface area (Å²) in [5.41, 5.74) is 0.806. The Morgan fingerprint density at radius 2 is 1.53 bits per heavy atom. The van der Waals surface area contributed by atoms with Crippen LogP contribution in [0.15, 0.2) is 91.5 Å². The number of hydrogen-bond donors (Lipinski definition) is 1. The van der Waals surface area contributed by atoms with E-state index in [0.717, 1.165) is 6.08 Å². The first-order valence-corrected chi connectivity index (χ1v) is 10.6. The first-order valence-electron chi connectivity index (χ1n) is 10.6. The Morgan fingerprint density at radius 3 is 2.18 bits per heavy atom. The topological polar surface area (TPSA) is 99.1 Å². The van der Waals surface area contributed by atoms with Gasteiger partial charge in [-0.3, -0.25) is 4.79 Å². The molecule has 0 fully saturated rings. The minimum Gasteiger partial charge on any atom is -0.508 e. The van der Waals surface area contributed by atoms with Gasteiger partial charge in [0.2, 0.25) is 5.78 Å². The molecule has 0 radical (unpaired) electrons. The van der Waals surface area contributed by atoms with Crippen LogP contribution < -0.4 is 4.74 Å². The molecule has 0 saturated heterocycles. The van der Waals surface area contributed by atoms with Gasteiger partial charge in [0.05, 0.1) is 18.8 Å². The zero-order valence-electron chi connectivity index (χ0n) is 18.4.